The minimum Gasteiger partial charge on any atom is -0.301 e. The normalized spacial score (nSPS) is 13.2. The standard InChI is InChI=1S/C15H23O4PS/c1-6-18-20(17,19-7-2)21-13(5)15(16)14-10-11(3)8-9-12(14)4/h8-10,13H,6-7H2,1-5H3. The zero-order valence-electron chi connectivity index (χ0n) is 13.2. The largest absolute Gasteiger partial charge is 0.389 e. The van der Waals surface area contributed by atoms with Crippen LogP contribution in [-0.4, -0.2) is 24.2 Å². The predicted molar refractivity (Wildman–Crippen MR) is 88.2 cm³/mol. The molecule has 118 valence electrons. The summed E-state index contributed by atoms with van der Waals surface area (Å²) in [5, 5.41) is -0.491. The van der Waals surface area contributed by atoms with Crippen LogP contribution in [0.3, 0.4) is 0 Å². The van der Waals surface area contributed by atoms with E-state index in [-0.39, 0.29) is 19.0 Å². The molecule has 0 amide bonds. The number of carbonyl (C=O) groups excluding carboxylic acids is 1. The molecule has 0 radical (unpaired) electrons. The molecule has 0 aliphatic heterocycles. The third kappa shape index (κ3) is 5.26. The summed E-state index contributed by atoms with van der Waals surface area (Å²) >= 11 is 0.975. The van der Waals surface area contributed by atoms with Crippen LogP contribution >= 0.6 is 18.2 Å². The SMILES string of the molecule is CCOP(=O)(OCC)SC(C)C(=O)c1cc(C)ccc1C. The number of rotatable bonds is 8. The van der Waals surface area contributed by atoms with Gasteiger partial charge >= 0.3 is 6.80 Å². The van der Waals surface area contributed by atoms with Crippen LogP contribution in [0.2, 0.25) is 0 Å². The van der Waals surface area contributed by atoms with Crippen LogP contribution in [0.1, 0.15) is 42.3 Å². The fourth-order valence-corrected chi connectivity index (χ4v) is 5.76. The summed E-state index contributed by atoms with van der Waals surface area (Å²) in [7, 11) is 0. The van der Waals surface area contributed by atoms with Gasteiger partial charge in [0.25, 0.3) is 0 Å². The van der Waals surface area contributed by atoms with Crippen LogP contribution < -0.4 is 0 Å². The van der Waals surface area contributed by atoms with E-state index in [1.165, 1.54) is 0 Å². The third-order valence-corrected chi connectivity index (χ3v) is 7.18. The van der Waals surface area contributed by atoms with Gasteiger partial charge in [-0.1, -0.05) is 17.7 Å². The van der Waals surface area contributed by atoms with Crippen molar-refractivity contribution in [1.29, 1.82) is 0 Å². The maximum absolute atomic E-state index is 12.6. The Hall–Kier alpha value is -0.610. The molecule has 0 fully saturated rings. The van der Waals surface area contributed by atoms with Gasteiger partial charge in [-0.2, -0.15) is 0 Å². The van der Waals surface area contributed by atoms with Crippen LogP contribution in [-0.2, 0) is 13.6 Å². The minimum absolute atomic E-state index is 0.0548. The monoisotopic (exact) mass is 330 g/mol. The Morgan fingerprint density at radius 3 is 2.33 bits per heavy atom. The number of carbonyl (C=O) groups is 1. The molecule has 0 aliphatic rings. The van der Waals surface area contributed by atoms with Crippen LogP contribution in [0, 0.1) is 13.8 Å². The first-order chi connectivity index (χ1) is 9.83. The van der Waals surface area contributed by atoms with Gasteiger partial charge in [0, 0.05) is 5.56 Å². The zero-order chi connectivity index (χ0) is 16.0. The molecular weight excluding hydrogens is 307 g/mol. The number of Topliss-reactive ketones (excluding diaryl/α,β-unsaturated/α-hetero) is 1. The van der Waals surface area contributed by atoms with Gasteiger partial charge in [-0.05, 0) is 57.6 Å². The highest BCUT2D eigenvalue weighted by atomic mass is 32.7. The molecule has 0 spiro atoms. The van der Waals surface area contributed by atoms with Crippen molar-refractivity contribution in [2.24, 2.45) is 0 Å². The quantitative estimate of drug-likeness (QED) is 0.507. The maximum atomic E-state index is 12.6. The van der Waals surface area contributed by atoms with Crippen molar-refractivity contribution in [3.63, 3.8) is 0 Å². The van der Waals surface area contributed by atoms with E-state index in [1.54, 1.807) is 20.8 Å². The van der Waals surface area contributed by atoms with Crippen molar-refractivity contribution < 1.29 is 18.4 Å². The lowest BCUT2D eigenvalue weighted by Crippen LogP contribution is -2.15. The molecule has 1 rings (SSSR count). The Balaban J connectivity index is 2.91. The molecule has 1 atom stereocenters. The Morgan fingerprint density at radius 2 is 1.81 bits per heavy atom. The first-order valence-corrected chi connectivity index (χ1v) is 10.0. The molecule has 0 bridgehead atoms. The third-order valence-electron chi connectivity index (χ3n) is 2.89. The lowest BCUT2D eigenvalue weighted by molar-refractivity contribution is 0.0993. The van der Waals surface area contributed by atoms with Crippen molar-refractivity contribution in [3.8, 4) is 0 Å². The van der Waals surface area contributed by atoms with Gasteiger partial charge in [-0.25, -0.2) is 4.57 Å². The number of benzene rings is 1. The van der Waals surface area contributed by atoms with Gasteiger partial charge in [0.05, 0.1) is 18.5 Å². The molecule has 0 saturated heterocycles. The second-order valence-electron chi connectivity index (χ2n) is 4.71. The molecule has 1 aromatic carbocycles. The molecule has 6 heteroatoms. The van der Waals surface area contributed by atoms with Crippen molar-refractivity contribution in [1.82, 2.24) is 0 Å². The zero-order valence-corrected chi connectivity index (χ0v) is 14.9. The maximum Gasteiger partial charge on any atom is 0.389 e. The molecule has 0 aliphatic carbocycles. The highest BCUT2D eigenvalue weighted by Crippen LogP contribution is 2.62. The smallest absolute Gasteiger partial charge is 0.301 e. The van der Waals surface area contributed by atoms with Gasteiger partial charge in [-0.3, -0.25) is 4.79 Å². The van der Waals surface area contributed by atoms with E-state index < -0.39 is 12.0 Å². The van der Waals surface area contributed by atoms with Crippen LogP contribution in [0.5, 0.6) is 0 Å². The second-order valence-corrected chi connectivity index (χ2v) is 9.02. The second kappa shape index (κ2) is 8.14. The molecule has 0 aromatic heterocycles. The van der Waals surface area contributed by atoms with Crippen molar-refractivity contribution in [3.05, 3.63) is 34.9 Å². The topological polar surface area (TPSA) is 52.6 Å². The Bertz CT molecular complexity index is 534. The summed E-state index contributed by atoms with van der Waals surface area (Å²) in [5.41, 5.74) is 2.61. The molecule has 0 N–H and O–H groups in total. The van der Waals surface area contributed by atoms with E-state index in [2.05, 4.69) is 0 Å². The average molecular weight is 330 g/mol. The summed E-state index contributed by atoms with van der Waals surface area (Å²) in [6, 6.07) is 5.75. The summed E-state index contributed by atoms with van der Waals surface area (Å²) in [6.45, 7) is 6.38. The first-order valence-electron chi connectivity index (χ1n) is 7.02. The lowest BCUT2D eigenvalue weighted by Gasteiger charge is -2.19. The van der Waals surface area contributed by atoms with Crippen LogP contribution in [0.4, 0.5) is 0 Å². The van der Waals surface area contributed by atoms with E-state index in [9.17, 15) is 9.36 Å². The van der Waals surface area contributed by atoms with Crippen molar-refractivity contribution in [2.45, 2.75) is 39.9 Å². The summed E-state index contributed by atoms with van der Waals surface area (Å²) in [4.78, 5) is 12.6. The van der Waals surface area contributed by atoms with Gasteiger partial charge in [0.15, 0.2) is 5.78 Å². The summed E-state index contributed by atoms with van der Waals surface area (Å²) < 4.78 is 22.9. The predicted octanol–water partition coefficient (Wildman–Crippen LogP) is 4.79. The molecule has 4 nitrogen and oxygen atoms in total. The molecule has 21 heavy (non-hydrogen) atoms. The molecular formula is C15H23O4PS. The van der Waals surface area contributed by atoms with Gasteiger partial charge in [0.1, 0.15) is 0 Å². The van der Waals surface area contributed by atoms with Gasteiger partial charge in [-0.15, -0.1) is 0 Å². The van der Waals surface area contributed by atoms with Crippen molar-refractivity contribution in [2.75, 3.05) is 13.2 Å². The molecule has 1 aromatic rings. The van der Waals surface area contributed by atoms with E-state index >= 15 is 0 Å². The Kier molecular flexibility index (Phi) is 7.14. The fourth-order valence-electron chi connectivity index (χ4n) is 1.88. The highest BCUT2D eigenvalue weighted by molar-refractivity contribution is 8.55. The summed E-state index contributed by atoms with van der Waals surface area (Å²) in [5.74, 6) is -0.0548. The van der Waals surface area contributed by atoms with Gasteiger partial charge < -0.3 is 9.05 Å². The number of ketones is 1. The molecule has 0 heterocycles. The Labute approximate surface area is 130 Å². The average Bonchev–Trinajstić information content (AvgIpc) is 2.41. The molecule has 0 saturated carbocycles. The van der Waals surface area contributed by atoms with Crippen LogP contribution in [0.25, 0.3) is 0 Å². The lowest BCUT2D eigenvalue weighted by atomic mass is 10.0. The summed E-state index contributed by atoms with van der Waals surface area (Å²) in [6.07, 6.45) is 0. The van der Waals surface area contributed by atoms with E-state index in [0.29, 0.717) is 5.56 Å². The Morgan fingerprint density at radius 1 is 1.24 bits per heavy atom. The van der Waals surface area contributed by atoms with Crippen LogP contribution in [0.15, 0.2) is 18.2 Å². The van der Waals surface area contributed by atoms with Crippen molar-refractivity contribution >= 4 is 24.0 Å². The first kappa shape index (κ1) is 18.4. The number of aryl methyl sites for hydroxylation is 2. The minimum atomic E-state index is -3.28. The number of hydrogen-bond donors (Lipinski definition) is 0. The van der Waals surface area contributed by atoms with E-state index in [0.717, 1.165) is 22.5 Å². The number of hydrogen-bond acceptors (Lipinski definition) is 5. The van der Waals surface area contributed by atoms with E-state index in [1.807, 2.05) is 32.0 Å². The fraction of sp³-hybridized carbons (Fsp3) is 0.533. The molecule has 1 unspecified atom stereocenters. The van der Waals surface area contributed by atoms with Gasteiger partial charge in [0.2, 0.25) is 0 Å². The highest BCUT2D eigenvalue weighted by Gasteiger charge is 2.31. The van der Waals surface area contributed by atoms with E-state index in [4.69, 9.17) is 9.05 Å².